The predicted octanol–water partition coefficient (Wildman–Crippen LogP) is 2.08. The molecule has 1 aliphatic rings. The van der Waals surface area contributed by atoms with Gasteiger partial charge >= 0.3 is 12.0 Å². The van der Waals surface area contributed by atoms with Crippen LogP contribution in [0.25, 0.3) is 0 Å². The molecule has 2 amide bonds. The lowest BCUT2D eigenvalue weighted by atomic mass is 9.75. The van der Waals surface area contributed by atoms with E-state index < -0.39 is 17.5 Å². The van der Waals surface area contributed by atoms with Gasteiger partial charge in [-0.3, -0.25) is 5.32 Å². The first-order valence-electron chi connectivity index (χ1n) is 6.65. The maximum Gasteiger partial charge on any atom is 0.329 e. The van der Waals surface area contributed by atoms with Crippen molar-refractivity contribution >= 4 is 28.5 Å². The van der Waals surface area contributed by atoms with Crippen molar-refractivity contribution in [1.82, 2.24) is 14.9 Å². The maximum atomic E-state index is 11.9. The van der Waals surface area contributed by atoms with Gasteiger partial charge in [-0.25, -0.2) is 9.59 Å². The van der Waals surface area contributed by atoms with Crippen molar-refractivity contribution in [2.45, 2.75) is 44.6 Å². The van der Waals surface area contributed by atoms with Crippen LogP contribution in [0.1, 0.15) is 39.0 Å². The van der Waals surface area contributed by atoms with Crippen LogP contribution >= 0.6 is 11.5 Å². The normalized spacial score (nSPS) is 25.9. The first-order valence-corrected chi connectivity index (χ1v) is 7.43. The summed E-state index contributed by atoms with van der Waals surface area (Å²) < 4.78 is 3.63. The van der Waals surface area contributed by atoms with E-state index in [4.69, 9.17) is 0 Å². The molecule has 0 atom stereocenters. The number of carbonyl (C=O) groups excluding carboxylic acids is 1. The number of nitrogens with zero attached hydrogens (tertiary/aromatic N) is 2. The van der Waals surface area contributed by atoms with Crippen molar-refractivity contribution in [2.24, 2.45) is 5.92 Å². The molecule has 1 aromatic heterocycles. The number of hydrogen-bond donors (Lipinski definition) is 3. The van der Waals surface area contributed by atoms with Gasteiger partial charge in [0, 0.05) is 11.5 Å². The largest absolute Gasteiger partial charge is 0.480 e. The molecule has 7 nitrogen and oxygen atoms in total. The number of hydrogen-bond acceptors (Lipinski definition) is 5. The number of carboxylic acids is 1. The van der Waals surface area contributed by atoms with E-state index in [1.807, 2.05) is 0 Å². The molecule has 3 N–H and O–H groups in total. The molecule has 1 aromatic rings. The molecule has 0 radical (unpaired) electrons. The Morgan fingerprint density at radius 2 is 2.20 bits per heavy atom. The predicted molar refractivity (Wildman–Crippen MR) is 74.7 cm³/mol. The highest BCUT2D eigenvalue weighted by Crippen LogP contribution is 2.34. The average Bonchev–Trinajstić information content (AvgIpc) is 2.92. The summed E-state index contributed by atoms with van der Waals surface area (Å²) >= 11 is 1.04. The highest BCUT2D eigenvalue weighted by atomic mass is 32.1. The number of carboxylic acid groups (broad SMARTS) is 1. The number of carbonyl (C=O) groups is 2. The van der Waals surface area contributed by atoms with E-state index in [9.17, 15) is 14.7 Å². The van der Waals surface area contributed by atoms with Crippen molar-refractivity contribution < 1.29 is 14.7 Å². The van der Waals surface area contributed by atoms with Crippen LogP contribution in [-0.2, 0) is 4.79 Å². The first kappa shape index (κ1) is 14.7. The average molecular weight is 298 g/mol. The fourth-order valence-electron chi connectivity index (χ4n) is 2.55. The molecule has 1 aliphatic carbocycles. The highest BCUT2D eigenvalue weighted by molar-refractivity contribution is 7.10. The molecule has 2 rings (SSSR count). The Kier molecular flexibility index (Phi) is 4.53. The molecular weight excluding hydrogens is 280 g/mol. The summed E-state index contributed by atoms with van der Waals surface area (Å²) in [6.07, 6.45) is 5.06. The van der Waals surface area contributed by atoms with Crippen LogP contribution in [0, 0.1) is 5.92 Å². The van der Waals surface area contributed by atoms with Crippen molar-refractivity contribution in [3.05, 3.63) is 6.20 Å². The topological polar surface area (TPSA) is 104 Å². The van der Waals surface area contributed by atoms with Gasteiger partial charge in [-0.05, 0) is 31.6 Å². The fraction of sp³-hybridized carbons (Fsp3) is 0.667. The molecule has 0 bridgehead atoms. The van der Waals surface area contributed by atoms with E-state index in [0.717, 1.165) is 30.8 Å². The smallest absolute Gasteiger partial charge is 0.329 e. The number of anilines is 1. The van der Waals surface area contributed by atoms with Crippen LogP contribution in [0.3, 0.4) is 0 Å². The molecule has 1 heterocycles. The van der Waals surface area contributed by atoms with Crippen molar-refractivity contribution in [3.63, 3.8) is 0 Å². The van der Waals surface area contributed by atoms with Crippen molar-refractivity contribution in [2.75, 3.05) is 5.32 Å². The Balaban J connectivity index is 1.99. The number of aromatic nitrogens is 2. The Hall–Kier alpha value is -1.70. The van der Waals surface area contributed by atoms with Crippen LogP contribution in [0.2, 0.25) is 0 Å². The minimum absolute atomic E-state index is 0.467. The lowest BCUT2D eigenvalue weighted by Crippen LogP contribution is -2.57. The fourth-order valence-corrected chi connectivity index (χ4v) is 2.97. The summed E-state index contributed by atoms with van der Waals surface area (Å²) in [6, 6.07) is -0.520. The zero-order valence-electron chi connectivity index (χ0n) is 11.3. The van der Waals surface area contributed by atoms with Gasteiger partial charge < -0.3 is 10.4 Å². The van der Waals surface area contributed by atoms with Crippen LogP contribution in [-0.4, -0.2) is 32.2 Å². The van der Waals surface area contributed by atoms with E-state index in [-0.39, 0.29) is 0 Å². The Bertz CT molecular complexity index is 469. The summed E-state index contributed by atoms with van der Waals surface area (Å²) in [6.45, 7) is 2.11. The van der Waals surface area contributed by atoms with E-state index in [1.54, 1.807) is 0 Å². The molecular formula is C12H18N4O3S. The van der Waals surface area contributed by atoms with Gasteiger partial charge in [0.15, 0.2) is 0 Å². The number of aliphatic carboxylic acids is 1. The molecule has 0 spiro atoms. The zero-order chi connectivity index (χ0) is 14.6. The van der Waals surface area contributed by atoms with Crippen molar-refractivity contribution in [1.29, 1.82) is 0 Å². The molecule has 0 aliphatic heterocycles. The van der Waals surface area contributed by atoms with E-state index in [0.29, 0.717) is 23.8 Å². The number of nitrogens with one attached hydrogen (secondary N) is 2. The third-order valence-corrected chi connectivity index (χ3v) is 4.48. The molecule has 110 valence electrons. The third kappa shape index (κ3) is 3.24. The SMILES string of the molecule is CCC1CCC(NC(=O)Nc2cnns2)(C(=O)O)CC1. The summed E-state index contributed by atoms with van der Waals surface area (Å²) in [4.78, 5) is 23.4. The lowest BCUT2D eigenvalue weighted by molar-refractivity contribution is -0.146. The van der Waals surface area contributed by atoms with Gasteiger partial charge in [0.1, 0.15) is 10.5 Å². The third-order valence-electron chi connectivity index (χ3n) is 3.90. The number of urea groups is 1. The summed E-state index contributed by atoms with van der Waals surface area (Å²) in [5, 5.41) is 18.7. The Morgan fingerprint density at radius 1 is 1.50 bits per heavy atom. The molecule has 8 heteroatoms. The van der Waals surface area contributed by atoms with Gasteiger partial charge in [-0.1, -0.05) is 17.8 Å². The lowest BCUT2D eigenvalue weighted by Gasteiger charge is -2.37. The van der Waals surface area contributed by atoms with Crippen LogP contribution < -0.4 is 10.6 Å². The molecule has 1 fully saturated rings. The summed E-state index contributed by atoms with van der Waals surface area (Å²) in [5.74, 6) is -0.414. The number of rotatable bonds is 4. The Morgan fingerprint density at radius 3 is 2.70 bits per heavy atom. The monoisotopic (exact) mass is 298 g/mol. The summed E-state index contributed by atoms with van der Waals surface area (Å²) in [5.41, 5.74) is -1.16. The van der Waals surface area contributed by atoms with Crippen LogP contribution in [0.15, 0.2) is 6.20 Å². The molecule has 0 unspecified atom stereocenters. The molecule has 1 saturated carbocycles. The maximum absolute atomic E-state index is 11.9. The molecule has 0 saturated heterocycles. The highest BCUT2D eigenvalue weighted by Gasteiger charge is 2.43. The van der Waals surface area contributed by atoms with Gasteiger partial charge in [0.05, 0.1) is 6.20 Å². The quantitative estimate of drug-likeness (QED) is 0.789. The van der Waals surface area contributed by atoms with Crippen molar-refractivity contribution in [3.8, 4) is 0 Å². The van der Waals surface area contributed by atoms with Gasteiger partial charge in [-0.15, -0.1) is 5.10 Å². The minimum Gasteiger partial charge on any atom is -0.480 e. The number of amides is 2. The van der Waals surface area contributed by atoms with Crippen LogP contribution in [0.4, 0.5) is 9.80 Å². The van der Waals surface area contributed by atoms with E-state index in [1.165, 1.54) is 6.20 Å². The second-order valence-electron chi connectivity index (χ2n) is 5.10. The van der Waals surface area contributed by atoms with E-state index >= 15 is 0 Å². The Labute approximate surface area is 120 Å². The van der Waals surface area contributed by atoms with Gasteiger partial charge in [-0.2, -0.15) is 0 Å². The first-order chi connectivity index (χ1) is 9.55. The molecule has 20 heavy (non-hydrogen) atoms. The second kappa shape index (κ2) is 6.17. The standard InChI is InChI=1S/C12H18N4O3S/c1-2-8-3-5-12(6-4-8,10(17)18)15-11(19)14-9-7-13-16-20-9/h7-8H,2-6H2,1H3,(H,17,18)(H2,14,15,19). The second-order valence-corrected chi connectivity index (χ2v) is 5.89. The van der Waals surface area contributed by atoms with Gasteiger partial charge in [0.25, 0.3) is 0 Å². The minimum atomic E-state index is -1.16. The zero-order valence-corrected chi connectivity index (χ0v) is 12.1. The molecule has 0 aromatic carbocycles. The summed E-state index contributed by atoms with van der Waals surface area (Å²) in [7, 11) is 0. The van der Waals surface area contributed by atoms with Gasteiger partial charge in [0.2, 0.25) is 0 Å². The van der Waals surface area contributed by atoms with Crippen LogP contribution in [0.5, 0.6) is 0 Å². The van der Waals surface area contributed by atoms with E-state index in [2.05, 4.69) is 27.1 Å².